The molecule has 0 aliphatic rings. The van der Waals surface area contributed by atoms with Crippen molar-refractivity contribution in [1.29, 1.82) is 5.26 Å². The van der Waals surface area contributed by atoms with Crippen molar-refractivity contribution in [2.45, 2.75) is 13.8 Å². The van der Waals surface area contributed by atoms with Crippen LogP contribution in [0, 0.1) is 25.2 Å². The molecule has 7 heteroatoms. The van der Waals surface area contributed by atoms with Crippen molar-refractivity contribution in [3.63, 3.8) is 0 Å². The summed E-state index contributed by atoms with van der Waals surface area (Å²) in [7, 11) is 0. The Hall–Kier alpha value is -2.45. The van der Waals surface area contributed by atoms with Crippen molar-refractivity contribution in [3.05, 3.63) is 27.3 Å². The number of aryl methyl sites for hydroxylation is 1. The first-order valence-corrected chi connectivity index (χ1v) is 4.41. The van der Waals surface area contributed by atoms with Crippen LogP contribution in [0.15, 0.2) is 9.53 Å². The second-order valence-corrected chi connectivity index (χ2v) is 3.04. The molecule has 82 valence electrons. The first-order chi connectivity index (χ1) is 7.60. The third kappa shape index (κ3) is 2.32. The molecule has 0 bridgehead atoms. The van der Waals surface area contributed by atoms with Gasteiger partial charge in [-0.1, -0.05) is 5.11 Å². The van der Waals surface area contributed by atoms with E-state index in [-0.39, 0.29) is 18.0 Å². The number of nitrogens with one attached hydrogen (secondary N) is 1. The predicted octanol–water partition coefficient (Wildman–Crippen LogP) is 2.02. The Labute approximate surface area is 91.3 Å². The molecule has 0 unspecified atom stereocenters. The minimum Gasteiger partial charge on any atom is -0.444 e. The van der Waals surface area contributed by atoms with Crippen molar-refractivity contribution in [3.8, 4) is 6.07 Å². The van der Waals surface area contributed by atoms with Gasteiger partial charge in [-0.2, -0.15) is 5.26 Å². The van der Waals surface area contributed by atoms with Crippen LogP contribution in [0.1, 0.15) is 16.9 Å². The lowest BCUT2D eigenvalue weighted by molar-refractivity contribution is -0.115. The largest absolute Gasteiger partial charge is 0.444 e. The van der Waals surface area contributed by atoms with E-state index in [9.17, 15) is 4.79 Å². The molecule has 7 nitrogen and oxygen atoms in total. The number of amides is 1. The molecule has 1 rings (SSSR count). The Morgan fingerprint density at radius 3 is 2.94 bits per heavy atom. The Balaban J connectivity index is 2.90. The number of hydrogen-bond acceptors (Lipinski definition) is 4. The van der Waals surface area contributed by atoms with E-state index in [2.05, 4.69) is 15.3 Å². The molecule has 0 aromatic carbocycles. The highest BCUT2D eigenvalue weighted by Gasteiger charge is 2.15. The molecule has 0 radical (unpaired) electrons. The summed E-state index contributed by atoms with van der Waals surface area (Å²) in [5.74, 6) is 0.134. The lowest BCUT2D eigenvalue weighted by Crippen LogP contribution is -2.14. The van der Waals surface area contributed by atoms with Crippen molar-refractivity contribution in [2.75, 3.05) is 11.9 Å². The number of nitrogens with zero attached hydrogens (tertiary/aromatic N) is 4. The SMILES string of the molecule is Cc1oc(NC(=O)CN=[N+]=[N-])c(C#N)c1C. The van der Waals surface area contributed by atoms with E-state index in [1.54, 1.807) is 13.8 Å². The van der Waals surface area contributed by atoms with Gasteiger partial charge in [-0.25, -0.2) is 0 Å². The number of hydrogen-bond donors (Lipinski definition) is 1. The van der Waals surface area contributed by atoms with Gasteiger partial charge in [-0.05, 0) is 19.4 Å². The lowest BCUT2D eigenvalue weighted by Gasteiger charge is -1.98. The first-order valence-electron chi connectivity index (χ1n) is 4.41. The molecule has 1 amide bonds. The zero-order chi connectivity index (χ0) is 12.1. The average Bonchev–Trinajstić information content (AvgIpc) is 2.51. The van der Waals surface area contributed by atoms with Gasteiger partial charge in [-0.15, -0.1) is 0 Å². The Kier molecular flexibility index (Phi) is 3.53. The number of rotatable bonds is 3. The summed E-state index contributed by atoms with van der Waals surface area (Å²) >= 11 is 0. The third-order valence-corrected chi connectivity index (χ3v) is 2.03. The van der Waals surface area contributed by atoms with Gasteiger partial charge in [0, 0.05) is 10.5 Å². The molecule has 0 atom stereocenters. The minimum atomic E-state index is -0.525. The molecule has 1 N–H and O–H groups in total. The molecule has 0 fully saturated rings. The maximum absolute atomic E-state index is 11.2. The van der Waals surface area contributed by atoms with Crippen LogP contribution in [0.25, 0.3) is 10.4 Å². The van der Waals surface area contributed by atoms with Crippen LogP contribution in [-0.4, -0.2) is 12.5 Å². The maximum atomic E-state index is 11.2. The van der Waals surface area contributed by atoms with Crippen molar-refractivity contribution in [1.82, 2.24) is 0 Å². The molecule has 0 saturated carbocycles. The molecule has 1 aromatic heterocycles. The fraction of sp³-hybridized carbons (Fsp3) is 0.333. The molecular weight excluding hydrogens is 210 g/mol. The van der Waals surface area contributed by atoms with Crippen LogP contribution < -0.4 is 5.32 Å². The van der Waals surface area contributed by atoms with Gasteiger partial charge < -0.3 is 4.42 Å². The standard InChI is InChI=1S/C9H9N5O2/c1-5-6(2)16-9(7(5)3-10)13-8(15)4-12-14-11/h4H2,1-2H3,(H,13,15). The van der Waals surface area contributed by atoms with E-state index in [1.807, 2.05) is 6.07 Å². The molecular formula is C9H9N5O2. The van der Waals surface area contributed by atoms with Crippen molar-refractivity contribution >= 4 is 11.8 Å². The van der Waals surface area contributed by atoms with Crippen molar-refractivity contribution in [2.24, 2.45) is 5.11 Å². The van der Waals surface area contributed by atoms with Gasteiger partial charge in [-0.3, -0.25) is 10.1 Å². The molecule has 0 aliphatic heterocycles. The second-order valence-electron chi connectivity index (χ2n) is 3.04. The highest BCUT2D eigenvalue weighted by atomic mass is 16.4. The molecule has 1 heterocycles. The van der Waals surface area contributed by atoms with Gasteiger partial charge in [0.1, 0.15) is 23.9 Å². The highest BCUT2D eigenvalue weighted by molar-refractivity contribution is 5.92. The van der Waals surface area contributed by atoms with Gasteiger partial charge in [0.25, 0.3) is 0 Å². The van der Waals surface area contributed by atoms with Crippen LogP contribution in [0.5, 0.6) is 0 Å². The normalized spacial score (nSPS) is 9.06. The van der Waals surface area contributed by atoms with Gasteiger partial charge in [0.15, 0.2) is 0 Å². The van der Waals surface area contributed by atoms with E-state index in [0.29, 0.717) is 11.3 Å². The smallest absolute Gasteiger partial charge is 0.232 e. The first kappa shape index (κ1) is 11.6. The van der Waals surface area contributed by atoms with Gasteiger partial charge in [0.2, 0.25) is 11.8 Å². The molecule has 0 aliphatic carbocycles. The van der Waals surface area contributed by atoms with E-state index in [4.69, 9.17) is 15.2 Å². The molecule has 0 saturated heterocycles. The summed E-state index contributed by atoms with van der Waals surface area (Å²) in [6.07, 6.45) is 0. The predicted molar refractivity (Wildman–Crippen MR) is 55.5 cm³/mol. The lowest BCUT2D eigenvalue weighted by atomic mass is 10.2. The topological polar surface area (TPSA) is 115 Å². The second kappa shape index (κ2) is 4.87. The fourth-order valence-corrected chi connectivity index (χ4v) is 1.11. The van der Waals surface area contributed by atoms with E-state index in [0.717, 1.165) is 0 Å². The Morgan fingerprint density at radius 1 is 1.69 bits per heavy atom. The quantitative estimate of drug-likeness (QED) is 0.476. The number of furan rings is 1. The number of carbonyl (C=O) groups excluding carboxylic acids is 1. The monoisotopic (exact) mass is 219 g/mol. The Morgan fingerprint density at radius 2 is 2.38 bits per heavy atom. The Bertz CT molecular complexity index is 505. The summed E-state index contributed by atoms with van der Waals surface area (Å²) < 4.78 is 5.20. The zero-order valence-electron chi connectivity index (χ0n) is 8.81. The summed E-state index contributed by atoms with van der Waals surface area (Å²) in [5, 5.41) is 14.3. The summed E-state index contributed by atoms with van der Waals surface area (Å²) in [5.41, 5.74) is 9.00. The average molecular weight is 219 g/mol. The van der Waals surface area contributed by atoms with Crippen LogP contribution in [0.3, 0.4) is 0 Å². The van der Waals surface area contributed by atoms with Crippen LogP contribution in [-0.2, 0) is 4.79 Å². The molecule has 16 heavy (non-hydrogen) atoms. The fourth-order valence-electron chi connectivity index (χ4n) is 1.11. The van der Waals surface area contributed by atoms with Crippen LogP contribution in [0.2, 0.25) is 0 Å². The van der Waals surface area contributed by atoms with Crippen LogP contribution >= 0.6 is 0 Å². The molecule has 1 aromatic rings. The summed E-state index contributed by atoms with van der Waals surface area (Å²) in [6.45, 7) is 3.08. The van der Waals surface area contributed by atoms with E-state index < -0.39 is 5.91 Å². The van der Waals surface area contributed by atoms with Gasteiger partial charge in [0.05, 0.1) is 0 Å². The van der Waals surface area contributed by atoms with E-state index >= 15 is 0 Å². The zero-order valence-corrected chi connectivity index (χ0v) is 8.81. The van der Waals surface area contributed by atoms with Crippen LogP contribution in [0.4, 0.5) is 5.88 Å². The van der Waals surface area contributed by atoms with Gasteiger partial charge >= 0.3 is 0 Å². The van der Waals surface area contributed by atoms with Crippen molar-refractivity contribution < 1.29 is 9.21 Å². The number of anilines is 1. The summed E-state index contributed by atoms with van der Waals surface area (Å²) in [6, 6.07) is 1.93. The minimum absolute atomic E-state index is 0.0932. The third-order valence-electron chi connectivity index (χ3n) is 2.03. The maximum Gasteiger partial charge on any atom is 0.232 e. The highest BCUT2D eigenvalue weighted by Crippen LogP contribution is 2.25. The number of nitriles is 1. The number of azide groups is 1. The summed E-state index contributed by atoms with van der Waals surface area (Å²) in [4.78, 5) is 13.7. The number of carbonyl (C=O) groups is 1. The van der Waals surface area contributed by atoms with E-state index in [1.165, 1.54) is 0 Å². The molecule has 0 spiro atoms.